The lowest BCUT2D eigenvalue weighted by Crippen LogP contribution is -2.65. The van der Waals surface area contributed by atoms with Gasteiger partial charge in [0.1, 0.15) is 6.04 Å². The molecule has 0 saturated carbocycles. The van der Waals surface area contributed by atoms with Crippen LogP contribution >= 0.6 is 0 Å². The van der Waals surface area contributed by atoms with Crippen molar-refractivity contribution in [1.29, 1.82) is 0 Å². The van der Waals surface area contributed by atoms with Crippen LogP contribution in [0.25, 0.3) is 0 Å². The minimum Gasteiger partial charge on any atom is -0.398 e. The van der Waals surface area contributed by atoms with Crippen LogP contribution in [0.4, 0.5) is 5.69 Å². The molecule has 27 heavy (non-hydrogen) atoms. The summed E-state index contributed by atoms with van der Waals surface area (Å²) in [6.45, 7) is 17.2. The molecule has 1 aromatic rings. The molecule has 2 aliphatic heterocycles. The highest BCUT2D eigenvalue weighted by atomic mass is 16.2. The summed E-state index contributed by atoms with van der Waals surface area (Å²) in [6, 6.07) is -0.954. The van der Waals surface area contributed by atoms with Gasteiger partial charge in [0.25, 0.3) is 11.8 Å². The fourth-order valence-corrected chi connectivity index (χ4v) is 4.11. The number of nitrogens with one attached hydrogen (secondary N) is 1. The first-order valence-corrected chi connectivity index (χ1v) is 9.04. The maximum atomic E-state index is 13.3. The van der Waals surface area contributed by atoms with E-state index in [9.17, 15) is 14.4 Å². The van der Waals surface area contributed by atoms with E-state index in [2.05, 4.69) is 11.9 Å². The lowest BCUT2D eigenvalue weighted by Gasteiger charge is -2.52. The van der Waals surface area contributed by atoms with E-state index in [1.807, 2.05) is 48.5 Å². The van der Waals surface area contributed by atoms with Crippen LogP contribution in [0.5, 0.6) is 0 Å². The van der Waals surface area contributed by atoms with Crippen LogP contribution in [-0.4, -0.2) is 28.7 Å². The molecule has 0 radical (unpaired) electrons. The van der Waals surface area contributed by atoms with Crippen molar-refractivity contribution in [3.63, 3.8) is 0 Å². The Labute approximate surface area is 159 Å². The Morgan fingerprint density at radius 2 is 1.44 bits per heavy atom. The number of carbonyl (C=O) groups excluding carboxylic acids is 3. The largest absolute Gasteiger partial charge is 0.398 e. The number of amides is 3. The molecule has 2 aliphatic rings. The number of anilines is 1. The van der Waals surface area contributed by atoms with Crippen LogP contribution in [0.3, 0.4) is 0 Å². The highest BCUT2D eigenvalue weighted by Gasteiger charge is 2.58. The molecule has 0 aliphatic carbocycles. The SMILES string of the molecule is C=C1NC(=O)C(N2C(=O)c3c(C)c(C)c(C)c(N)c3C2=O)C(C)(C)C1(C)C. The van der Waals surface area contributed by atoms with Crippen LogP contribution in [-0.2, 0) is 4.79 Å². The van der Waals surface area contributed by atoms with Crippen LogP contribution in [0, 0.1) is 31.6 Å². The molecule has 6 heteroatoms. The van der Waals surface area contributed by atoms with Gasteiger partial charge in [-0.25, -0.2) is 0 Å². The molecule has 3 rings (SSSR count). The van der Waals surface area contributed by atoms with Crippen molar-refractivity contribution in [2.75, 3.05) is 5.73 Å². The van der Waals surface area contributed by atoms with Crippen molar-refractivity contribution in [1.82, 2.24) is 10.2 Å². The Kier molecular flexibility index (Phi) is 3.86. The molecule has 1 fully saturated rings. The topological polar surface area (TPSA) is 92.5 Å². The van der Waals surface area contributed by atoms with E-state index in [4.69, 9.17) is 5.73 Å². The third-order valence-electron chi connectivity index (χ3n) is 7.12. The quantitative estimate of drug-likeness (QED) is 0.588. The molecule has 0 aromatic heterocycles. The van der Waals surface area contributed by atoms with Crippen LogP contribution in [0.2, 0.25) is 0 Å². The van der Waals surface area contributed by atoms with Gasteiger partial charge in [-0.2, -0.15) is 0 Å². The summed E-state index contributed by atoms with van der Waals surface area (Å²) < 4.78 is 0. The average molecular weight is 369 g/mol. The van der Waals surface area contributed by atoms with Crippen molar-refractivity contribution in [2.24, 2.45) is 10.8 Å². The molecule has 6 nitrogen and oxygen atoms in total. The molecule has 1 unspecified atom stereocenters. The van der Waals surface area contributed by atoms with Gasteiger partial charge in [0.2, 0.25) is 5.91 Å². The van der Waals surface area contributed by atoms with Crippen molar-refractivity contribution >= 4 is 23.4 Å². The van der Waals surface area contributed by atoms with Crippen LogP contribution in [0.15, 0.2) is 12.3 Å². The fourth-order valence-electron chi connectivity index (χ4n) is 4.11. The monoisotopic (exact) mass is 369 g/mol. The van der Waals surface area contributed by atoms with Crippen LogP contribution in [0.1, 0.15) is 65.1 Å². The van der Waals surface area contributed by atoms with Gasteiger partial charge in [0, 0.05) is 22.2 Å². The van der Waals surface area contributed by atoms with E-state index >= 15 is 0 Å². The highest BCUT2D eigenvalue weighted by molar-refractivity contribution is 6.26. The van der Waals surface area contributed by atoms with E-state index in [-0.39, 0.29) is 5.56 Å². The number of benzene rings is 1. The lowest BCUT2D eigenvalue weighted by molar-refractivity contribution is -0.135. The molecule has 2 heterocycles. The first kappa shape index (κ1) is 19.1. The second kappa shape index (κ2) is 5.44. The molecule has 3 amide bonds. The van der Waals surface area contributed by atoms with Gasteiger partial charge < -0.3 is 11.1 Å². The second-order valence-corrected chi connectivity index (χ2v) is 8.74. The van der Waals surface area contributed by atoms with Crippen molar-refractivity contribution in [3.8, 4) is 0 Å². The maximum absolute atomic E-state index is 13.3. The third-order valence-corrected chi connectivity index (χ3v) is 7.12. The van der Waals surface area contributed by atoms with Gasteiger partial charge in [-0.05, 0) is 37.5 Å². The van der Waals surface area contributed by atoms with Gasteiger partial charge in [-0.1, -0.05) is 34.3 Å². The average Bonchev–Trinajstić information content (AvgIpc) is 2.81. The Hall–Kier alpha value is -2.63. The Morgan fingerprint density at radius 1 is 0.926 bits per heavy atom. The van der Waals surface area contributed by atoms with Gasteiger partial charge in [-0.3, -0.25) is 19.3 Å². The number of hydrogen-bond acceptors (Lipinski definition) is 4. The number of fused-ring (bicyclic) bond motifs is 1. The number of carbonyl (C=O) groups is 3. The van der Waals surface area contributed by atoms with Crippen molar-refractivity contribution in [2.45, 2.75) is 54.5 Å². The second-order valence-electron chi connectivity index (χ2n) is 8.74. The smallest absolute Gasteiger partial charge is 0.264 e. The maximum Gasteiger partial charge on any atom is 0.264 e. The number of allylic oxidation sites excluding steroid dienone is 1. The summed E-state index contributed by atoms with van der Waals surface area (Å²) in [5.41, 5.74) is 8.79. The summed E-state index contributed by atoms with van der Waals surface area (Å²) in [4.78, 5) is 40.6. The molecular formula is C21H27N3O3. The number of hydrogen-bond donors (Lipinski definition) is 2. The number of nitrogens with zero attached hydrogens (tertiary/aromatic N) is 1. The van der Waals surface area contributed by atoms with E-state index in [1.54, 1.807) is 0 Å². The van der Waals surface area contributed by atoms with Gasteiger partial charge in [0.05, 0.1) is 11.1 Å². The summed E-state index contributed by atoms with van der Waals surface area (Å²) in [7, 11) is 0. The van der Waals surface area contributed by atoms with Gasteiger partial charge in [0.15, 0.2) is 0 Å². The molecule has 144 valence electrons. The summed E-state index contributed by atoms with van der Waals surface area (Å²) >= 11 is 0. The predicted octanol–water partition coefficient (Wildman–Crippen LogP) is 2.85. The molecular weight excluding hydrogens is 342 g/mol. The van der Waals surface area contributed by atoms with Gasteiger partial charge in [-0.15, -0.1) is 0 Å². The summed E-state index contributed by atoms with van der Waals surface area (Å²) in [5, 5.41) is 2.76. The van der Waals surface area contributed by atoms with Crippen LogP contribution < -0.4 is 11.1 Å². The zero-order chi connectivity index (χ0) is 20.6. The number of imide groups is 1. The minimum atomic E-state index is -0.954. The Morgan fingerprint density at radius 3 is 2.00 bits per heavy atom. The van der Waals surface area contributed by atoms with E-state index in [1.165, 1.54) is 0 Å². The summed E-state index contributed by atoms with van der Waals surface area (Å²) in [5.74, 6) is -1.36. The number of nitrogens with two attached hydrogens (primary N) is 1. The van der Waals surface area contributed by atoms with E-state index in [0.717, 1.165) is 21.6 Å². The predicted molar refractivity (Wildman–Crippen MR) is 104 cm³/mol. The standard InChI is InChI=1S/C21H27N3O3/c1-9-10(2)13-14(15(22)11(9)3)19(27)24(18(13)26)16-17(25)23-12(4)20(5,6)21(16,7)8/h16H,4,22H2,1-3,5-8H3,(H,23,25). The fraction of sp³-hybridized carbons (Fsp3) is 0.476. The first-order valence-electron chi connectivity index (χ1n) is 9.04. The van der Waals surface area contributed by atoms with Gasteiger partial charge >= 0.3 is 0 Å². The van der Waals surface area contributed by atoms with Crippen molar-refractivity contribution in [3.05, 3.63) is 40.1 Å². The molecule has 3 N–H and O–H groups in total. The number of rotatable bonds is 1. The number of nitrogen functional groups attached to an aromatic ring is 1. The Bertz CT molecular complexity index is 894. The molecule has 0 spiro atoms. The zero-order valence-corrected chi connectivity index (χ0v) is 17.0. The van der Waals surface area contributed by atoms with E-state index in [0.29, 0.717) is 16.9 Å². The highest BCUT2D eigenvalue weighted by Crippen LogP contribution is 2.51. The number of piperidine rings is 1. The normalized spacial score (nSPS) is 23.5. The molecule has 1 saturated heterocycles. The molecule has 1 atom stereocenters. The Balaban J connectivity index is 2.23. The van der Waals surface area contributed by atoms with Crippen molar-refractivity contribution < 1.29 is 14.4 Å². The first-order chi connectivity index (χ1) is 12.3. The summed E-state index contributed by atoms with van der Waals surface area (Å²) in [6.07, 6.45) is 0. The third kappa shape index (κ3) is 2.16. The zero-order valence-electron chi connectivity index (χ0n) is 17.0. The van der Waals surface area contributed by atoms with E-state index < -0.39 is 34.6 Å². The molecule has 0 bridgehead atoms. The minimum absolute atomic E-state index is 0.214. The molecule has 1 aromatic carbocycles. The lowest BCUT2D eigenvalue weighted by atomic mass is 9.59.